The molecule has 0 aliphatic carbocycles. The first-order valence-electron chi connectivity index (χ1n) is 9.33. The van der Waals surface area contributed by atoms with Crippen molar-refractivity contribution in [1.82, 2.24) is 0 Å². The van der Waals surface area contributed by atoms with Crippen LogP contribution in [-0.2, 0) is 16.2 Å². The van der Waals surface area contributed by atoms with Crippen LogP contribution in [0.5, 0.6) is 0 Å². The number of aliphatic imine (C=N–C) groups is 1. The van der Waals surface area contributed by atoms with Crippen molar-refractivity contribution in [3.05, 3.63) is 106 Å². The summed E-state index contributed by atoms with van der Waals surface area (Å²) in [4.78, 5) is 4.39. The molecule has 0 saturated carbocycles. The fraction of sp³-hybridized carbons (Fsp3) is 0.174. The van der Waals surface area contributed by atoms with Gasteiger partial charge in [0, 0.05) is 16.5 Å². The number of halogens is 3. The van der Waals surface area contributed by atoms with E-state index in [1.165, 1.54) is 29.3 Å². The van der Waals surface area contributed by atoms with Crippen LogP contribution in [0.2, 0.25) is 5.02 Å². The molecule has 1 heterocycles. The summed E-state index contributed by atoms with van der Waals surface area (Å²) in [6.45, 7) is 0.272. The number of nitrogens with zero attached hydrogens (tertiary/aromatic N) is 1. The van der Waals surface area contributed by atoms with Gasteiger partial charge in [-0.2, -0.15) is 0 Å². The highest BCUT2D eigenvalue weighted by atomic mass is 35.5. The third-order valence-electron chi connectivity index (χ3n) is 4.64. The van der Waals surface area contributed by atoms with Crippen molar-refractivity contribution in [2.45, 2.75) is 17.5 Å². The Kier molecular flexibility index (Phi) is 6.97. The maximum Gasteiger partial charge on any atom is 0.222 e. The Morgan fingerprint density at radius 3 is 2.03 bits per heavy atom. The zero-order valence-corrected chi connectivity index (χ0v) is 18.2. The summed E-state index contributed by atoms with van der Waals surface area (Å²) in [5.41, 5.74) is 3.21. The van der Waals surface area contributed by atoms with Crippen LogP contribution in [0.4, 0.5) is 8.78 Å². The van der Waals surface area contributed by atoms with Crippen molar-refractivity contribution < 1.29 is 13.5 Å². The number of hydrogen-bond donors (Lipinski definition) is 0. The maximum absolute atomic E-state index is 13.9. The van der Waals surface area contributed by atoms with Crippen molar-refractivity contribution in [3.63, 3.8) is 0 Å². The van der Waals surface area contributed by atoms with Crippen LogP contribution >= 0.6 is 33.2 Å². The van der Waals surface area contributed by atoms with Gasteiger partial charge in [-0.15, -0.1) is 0 Å². The summed E-state index contributed by atoms with van der Waals surface area (Å²) in [5.74, 6) is 0.488. The topological polar surface area (TPSA) is 21.6 Å². The number of benzene rings is 3. The monoisotopic (exact) mass is 461 g/mol. The second-order valence-corrected chi connectivity index (χ2v) is 9.65. The zero-order valence-electron chi connectivity index (χ0n) is 15.9. The van der Waals surface area contributed by atoms with Crippen molar-refractivity contribution in [1.29, 1.82) is 0 Å². The van der Waals surface area contributed by atoms with Crippen molar-refractivity contribution in [2.24, 2.45) is 4.99 Å². The van der Waals surface area contributed by atoms with E-state index in [1.54, 1.807) is 21.6 Å². The predicted octanol–water partition coefficient (Wildman–Crippen LogP) is 7.22. The van der Waals surface area contributed by atoms with Crippen molar-refractivity contribution in [3.8, 4) is 0 Å². The smallest absolute Gasteiger partial charge is 0.222 e. The van der Waals surface area contributed by atoms with E-state index < -0.39 is 11.6 Å². The van der Waals surface area contributed by atoms with Gasteiger partial charge in [-0.1, -0.05) is 75.7 Å². The first kappa shape index (κ1) is 21.2. The molecule has 1 aliphatic heterocycles. The van der Waals surface area contributed by atoms with Gasteiger partial charge in [0.2, 0.25) is 5.90 Å². The van der Waals surface area contributed by atoms with Gasteiger partial charge in [-0.25, -0.2) is 13.8 Å². The van der Waals surface area contributed by atoms with Crippen LogP contribution in [0, 0.1) is 11.6 Å². The van der Waals surface area contributed by atoms with Crippen molar-refractivity contribution in [2.75, 3.05) is 6.61 Å². The van der Waals surface area contributed by atoms with Gasteiger partial charge in [0.25, 0.3) is 0 Å². The van der Waals surface area contributed by atoms with E-state index in [9.17, 15) is 8.78 Å². The molecule has 0 spiro atoms. The third kappa shape index (κ3) is 5.17. The van der Waals surface area contributed by atoms with Gasteiger partial charge >= 0.3 is 0 Å². The quantitative estimate of drug-likeness (QED) is 0.274. The molecule has 3 aromatic carbocycles. The van der Waals surface area contributed by atoms with Crippen LogP contribution in [0.3, 0.4) is 0 Å². The van der Waals surface area contributed by atoms with Gasteiger partial charge in [0.15, 0.2) is 0 Å². The Morgan fingerprint density at radius 1 is 0.867 bits per heavy atom. The molecule has 0 radical (unpaired) electrons. The van der Waals surface area contributed by atoms with Crippen LogP contribution in [0.1, 0.15) is 28.3 Å². The lowest BCUT2D eigenvalue weighted by Gasteiger charge is -2.07. The van der Waals surface area contributed by atoms with Gasteiger partial charge in [0.1, 0.15) is 29.8 Å². The van der Waals surface area contributed by atoms with E-state index in [2.05, 4.69) is 17.1 Å². The summed E-state index contributed by atoms with van der Waals surface area (Å²) < 4.78 is 33.4. The number of rotatable bonds is 7. The summed E-state index contributed by atoms with van der Waals surface area (Å²) in [7, 11) is 3.59. The molecule has 0 N–H and O–H groups in total. The molecule has 1 unspecified atom stereocenters. The van der Waals surface area contributed by atoms with Gasteiger partial charge in [-0.3, -0.25) is 0 Å². The lowest BCUT2D eigenvalue weighted by atomic mass is 10.1. The molecule has 2 nitrogen and oxygen atoms in total. The highest BCUT2D eigenvalue weighted by Crippen LogP contribution is 2.31. The van der Waals surface area contributed by atoms with Crippen LogP contribution in [0.15, 0.2) is 71.7 Å². The minimum Gasteiger partial charge on any atom is -0.475 e. The molecule has 0 aromatic heterocycles. The van der Waals surface area contributed by atoms with E-state index in [4.69, 9.17) is 16.3 Å². The lowest BCUT2D eigenvalue weighted by Crippen LogP contribution is -2.07. The molecule has 154 valence electrons. The molecule has 0 fully saturated rings. The molecule has 3 aromatic rings. The number of ether oxygens (including phenoxy) is 1. The van der Waals surface area contributed by atoms with E-state index in [-0.39, 0.29) is 24.1 Å². The fourth-order valence-corrected chi connectivity index (χ4v) is 5.29. The number of hydrogen-bond acceptors (Lipinski definition) is 4. The normalized spacial score (nSPS) is 15.7. The molecule has 30 heavy (non-hydrogen) atoms. The van der Waals surface area contributed by atoms with E-state index in [1.807, 2.05) is 36.4 Å². The van der Waals surface area contributed by atoms with Gasteiger partial charge < -0.3 is 4.74 Å². The SMILES string of the molecule is Fc1cccc(F)c1C1=NC(c2ccc(CSSCc3ccc(Cl)cc3)cc2)CO1. The van der Waals surface area contributed by atoms with Crippen LogP contribution in [-0.4, -0.2) is 12.5 Å². The largest absolute Gasteiger partial charge is 0.475 e. The Bertz CT molecular complexity index is 1020. The van der Waals surface area contributed by atoms with Crippen LogP contribution in [0.25, 0.3) is 0 Å². The van der Waals surface area contributed by atoms with Gasteiger partial charge in [-0.05, 0) is 41.0 Å². The molecule has 0 bridgehead atoms. The summed E-state index contributed by atoms with van der Waals surface area (Å²) in [6.07, 6.45) is 0. The molecule has 7 heteroatoms. The van der Waals surface area contributed by atoms with E-state index >= 15 is 0 Å². The lowest BCUT2D eigenvalue weighted by molar-refractivity contribution is 0.317. The van der Waals surface area contributed by atoms with Crippen LogP contribution < -0.4 is 0 Å². The summed E-state index contributed by atoms with van der Waals surface area (Å²) >= 11 is 5.90. The Labute approximate surface area is 187 Å². The molecule has 1 aliphatic rings. The fourth-order valence-electron chi connectivity index (χ4n) is 3.02. The molecule has 0 saturated heterocycles. The first-order valence-corrected chi connectivity index (χ1v) is 12.2. The third-order valence-corrected chi connectivity index (χ3v) is 7.17. The standard InChI is InChI=1S/C23H18ClF2NOS2/c24-18-10-6-16(7-11-18)14-30-29-13-15-4-8-17(9-5-15)21-12-28-23(27-21)22-19(25)2-1-3-20(22)26/h1-11,21H,12-14H2. The molecular formula is C23H18ClF2NOS2. The highest BCUT2D eigenvalue weighted by molar-refractivity contribution is 8.76. The maximum atomic E-state index is 13.9. The Morgan fingerprint density at radius 2 is 1.43 bits per heavy atom. The van der Waals surface area contributed by atoms with E-state index in [0.29, 0.717) is 0 Å². The molecule has 0 amide bonds. The Hall–Kier alpha value is -2.02. The predicted molar refractivity (Wildman–Crippen MR) is 122 cm³/mol. The second kappa shape index (κ2) is 9.86. The van der Waals surface area contributed by atoms with E-state index in [0.717, 1.165) is 22.1 Å². The molecule has 1 atom stereocenters. The summed E-state index contributed by atoms with van der Waals surface area (Å²) in [6, 6.07) is 19.5. The first-order chi connectivity index (χ1) is 14.6. The molecule has 4 rings (SSSR count). The molecular weight excluding hydrogens is 444 g/mol. The van der Waals surface area contributed by atoms with Gasteiger partial charge in [0.05, 0.1) is 0 Å². The average Bonchev–Trinajstić information content (AvgIpc) is 3.22. The minimum absolute atomic E-state index is 0.0221. The summed E-state index contributed by atoms with van der Waals surface area (Å²) in [5, 5.41) is 0.750. The zero-order chi connectivity index (χ0) is 20.9. The Balaban J connectivity index is 1.32. The average molecular weight is 462 g/mol. The minimum atomic E-state index is -0.669. The highest BCUT2D eigenvalue weighted by Gasteiger charge is 2.26. The second-order valence-electron chi connectivity index (χ2n) is 6.75. The van der Waals surface area contributed by atoms with Crippen molar-refractivity contribution >= 4 is 39.1 Å².